The molecule has 30 heavy (non-hydrogen) atoms. The van der Waals surface area contributed by atoms with E-state index in [9.17, 15) is 8.42 Å². The number of sulfonamides is 1. The number of allylic oxidation sites excluding steroid dienone is 2. The zero-order valence-electron chi connectivity index (χ0n) is 18.8. The molecule has 1 aliphatic heterocycles. The lowest BCUT2D eigenvalue weighted by molar-refractivity contribution is 0.250. The molecule has 0 aliphatic carbocycles. The van der Waals surface area contributed by atoms with Crippen molar-refractivity contribution in [2.24, 2.45) is 0 Å². The fraction of sp³-hybridized carbons (Fsp3) is 0.667. The third-order valence-electron chi connectivity index (χ3n) is 5.76. The monoisotopic (exact) mass is 436 g/mol. The highest BCUT2D eigenvalue weighted by Crippen LogP contribution is 2.24. The molecule has 1 N–H and O–H groups in total. The van der Waals surface area contributed by atoms with Crippen LogP contribution in [0.1, 0.15) is 71.1 Å². The van der Waals surface area contributed by atoms with Crippen molar-refractivity contribution >= 4 is 10.0 Å². The van der Waals surface area contributed by atoms with Crippen LogP contribution in [0.5, 0.6) is 5.75 Å². The molecule has 0 saturated carbocycles. The number of benzene rings is 1. The minimum Gasteiger partial charge on any atom is -0.497 e. The Hall–Kier alpha value is -1.37. The molecule has 1 atom stereocenters. The summed E-state index contributed by atoms with van der Waals surface area (Å²) in [5.41, 5.74) is 0. The largest absolute Gasteiger partial charge is 0.497 e. The van der Waals surface area contributed by atoms with Gasteiger partial charge in [-0.3, -0.25) is 0 Å². The second-order valence-electron chi connectivity index (χ2n) is 8.11. The molecule has 2 rings (SSSR count). The number of hydrogen-bond acceptors (Lipinski definition) is 4. The highest BCUT2D eigenvalue weighted by molar-refractivity contribution is 7.89. The Morgan fingerprint density at radius 1 is 1.03 bits per heavy atom. The minimum atomic E-state index is -3.47. The number of methoxy groups -OCH3 is 1. The van der Waals surface area contributed by atoms with Crippen molar-refractivity contribution in [2.75, 3.05) is 26.7 Å². The van der Waals surface area contributed by atoms with Gasteiger partial charge >= 0.3 is 0 Å². The van der Waals surface area contributed by atoms with E-state index in [4.69, 9.17) is 4.74 Å². The predicted molar refractivity (Wildman–Crippen MR) is 125 cm³/mol. The summed E-state index contributed by atoms with van der Waals surface area (Å²) < 4.78 is 33.1. The molecule has 1 heterocycles. The Bertz CT molecular complexity index is 716. The van der Waals surface area contributed by atoms with Gasteiger partial charge < -0.3 is 10.1 Å². The molecule has 170 valence electrons. The molecule has 1 unspecified atom stereocenters. The van der Waals surface area contributed by atoms with E-state index in [0.717, 1.165) is 19.4 Å². The second-order valence-corrected chi connectivity index (χ2v) is 10.00. The van der Waals surface area contributed by atoms with Crippen molar-refractivity contribution in [3.63, 3.8) is 0 Å². The maximum absolute atomic E-state index is 13.1. The third-order valence-corrected chi connectivity index (χ3v) is 7.73. The Morgan fingerprint density at radius 2 is 1.70 bits per heavy atom. The molecule has 0 bridgehead atoms. The van der Waals surface area contributed by atoms with Crippen LogP contribution in [0.25, 0.3) is 0 Å². The maximum atomic E-state index is 13.1. The summed E-state index contributed by atoms with van der Waals surface area (Å²) >= 11 is 0. The van der Waals surface area contributed by atoms with Gasteiger partial charge in [-0.2, -0.15) is 4.31 Å². The highest BCUT2D eigenvalue weighted by atomic mass is 32.2. The Morgan fingerprint density at radius 3 is 2.40 bits per heavy atom. The van der Waals surface area contributed by atoms with Gasteiger partial charge in [-0.1, -0.05) is 57.6 Å². The van der Waals surface area contributed by atoms with Crippen LogP contribution in [0.3, 0.4) is 0 Å². The minimum absolute atomic E-state index is 0.0346. The molecule has 1 saturated heterocycles. The van der Waals surface area contributed by atoms with E-state index in [1.165, 1.54) is 51.4 Å². The standard InChI is InChI=1S/C24H40N2O3S/c1-3-4-5-6-7-8-9-10-11-12-13-14-22-21-25-19-20-26(22)30(27,28)24-17-15-23(29-2)16-18-24/h6-7,15-18,22,25H,3-5,8-14,19-21H2,1-2H3/b7-6+. The Balaban J connectivity index is 1.74. The molecule has 1 aromatic rings. The average molecular weight is 437 g/mol. The molecule has 0 radical (unpaired) electrons. The third kappa shape index (κ3) is 8.05. The molecule has 0 aromatic heterocycles. The van der Waals surface area contributed by atoms with Gasteiger partial charge in [0.25, 0.3) is 0 Å². The van der Waals surface area contributed by atoms with Gasteiger partial charge in [-0.05, 0) is 49.9 Å². The van der Waals surface area contributed by atoms with Gasteiger partial charge in [0.1, 0.15) is 5.75 Å². The molecule has 0 amide bonds. The van der Waals surface area contributed by atoms with E-state index >= 15 is 0 Å². The summed E-state index contributed by atoms with van der Waals surface area (Å²) in [6.45, 7) is 4.20. The first-order valence-electron chi connectivity index (χ1n) is 11.6. The predicted octanol–water partition coefficient (Wildman–Crippen LogP) is 5.13. The van der Waals surface area contributed by atoms with Crippen LogP contribution in [0.2, 0.25) is 0 Å². The van der Waals surface area contributed by atoms with E-state index in [2.05, 4.69) is 24.4 Å². The van der Waals surface area contributed by atoms with Crippen molar-refractivity contribution in [3.8, 4) is 5.75 Å². The first-order valence-corrected chi connectivity index (χ1v) is 13.0. The summed E-state index contributed by atoms with van der Waals surface area (Å²) in [6, 6.07) is 6.74. The van der Waals surface area contributed by atoms with Crippen LogP contribution >= 0.6 is 0 Å². The van der Waals surface area contributed by atoms with Crippen LogP contribution < -0.4 is 10.1 Å². The van der Waals surface area contributed by atoms with E-state index in [-0.39, 0.29) is 6.04 Å². The molecule has 1 fully saturated rings. The summed E-state index contributed by atoms with van der Waals surface area (Å²) in [5, 5.41) is 3.36. The lowest BCUT2D eigenvalue weighted by Crippen LogP contribution is -2.53. The van der Waals surface area contributed by atoms with Gasteiger partial charge in [-0.15, -0.1) is 0 Å². The number of unbranched alkanes of at least 4 members (excludes halogenated alkanes) is 7. The van der Waals surface area contributed by atoms with Crippen molar-refractivity contribution < 1.29 is 13.2 Å². The Kier molecular flexibility index (Phi) is 11.5. The zero-order valence-corrected chi connectivity index (χ0v) is 19.6. The van der Waals surface area contributed by atoms with Crippen LogP contribution in [-0.2, 0) is 10.0 Å². The van der Waals surface area contributed by atoms with Gasteiger partial charge in [0, 0.05) is 25.7 Å². The van der Waals surface area contributed by atoms with Gasteiger partial charge in [-0.25, -0.2) is 8.42 Å². The maximum Gasteiger partial charge on any atom is 0.243 e. The lowest BCUT2D eigenvalue weighted by atomic mass is 10.0. The zero-order chi connectivity index (χ0) is 21.7. The molecule has 0 spiro atoms. The van der Waals surface area contributed by atoms with Crippen molar-refractivity contribution in [3.05, 3.63) is 36.4 Å². The van der Waals surface area contributed by atoms with E-state index < -0.39 is 10.0 Å². The smallest absolute Gasteiger partial charge is 0.243 e. The number of piperazine rings is 1. The Labute approximate surface area is 183 Å². The average Bonchev–Trinajstić information content (AvgIpc) is 2.77. The number of nitrogens with zero attached hydrogens (tertiary/aromatic N) is 1. The summed E-state index contributed by atoms with van der Waals surface area (Å²) in [5.74, 6) is 0.669. The fourth-order valence-corrected chi connectivity index (χ4v) is 5.57. The molecular formula is C24H40N2O3S. The van der Waals surface area contributed by atoms with E-state index in [1.807, 2.05) is 0 Å². The summed E-state index contributed by atoms with van der Waals surface area (Å²) in [6.07, 6.45) is 16.5. The number of ether oxygens (including phenoxy) is 1. The van der Waals surface area contributed by atoms with Gasteiger partial charge in [0.15, 0.2) is 0 Å². The van der Waals surface area contributed by atoms with Crippen LogP contribution in [0.15, 0.2) is 41.3 Å². The lowest BCUT2D eigenvalue weighted by Gasteiger charge is -2.35. The second kappa shape index (κ2) is 13.8. The number of nitrogens with one attached hydrogen (secondary N) is 1. The van der Waals surface area contributed by atoms with Crippen molar-refractivity contribution in [1.29, 1.82) is 0 Å². The number of rotatable bonds is 14. The van der Waals surface area contributed by atoms with E-state index in [1.54, 1.807) is 35.7 Å². The molecule has 1 aromatic carbocycles. The van der Waals surface area contributed by atoms with Crippen LogP contribution in [-0.4, -0.2) is 45.5 Å². The highest BCUT2D eigenvalue weighted by Gasteiger charge is 2.33. The molecule has 5 nitrogen and oxygen atoms in total. The van der Waals surface area contributed by atoms with Crippen LogP contribution in [0.4, 0.5) is 0 Å². The number of hydrogen-bond donors (Lipinski definition) is 1. The molecular weight excluding hydrogens is 396 g/mol. The van der Waals surface area contributed by atoms with Crippen molar-refractivity contribution in [1.82, 2.24) is 9.62 Å². The van der Waals surface area contributed by atoms with Crippen LogP contribution in [0, 0.1) is 0 Å². The van der Waals surface area contributed by atoms with Gasteiger partial charge in [0.2, 0.25) is 10.0 Å². The quantitative estimate of drug-likeness (QED) is 0.324. The SMILES string of the molecule is CCCC/C=C/CCCCCCCC1CNCCN1S(=O)(=O)c1ccc(OC)cc1. The summed E-state index contributed by atoms with van der Waals surface area (Å²) in [4.78, 5) is 0.349. The topological polar surface area (TPSA) is 58.6 Å². The summed E-state index contributed by atoms with van der Waals surface area (Å²) in [7, 11) is -1.89. The van der Waals surface area contributed by atoms with E-state index in [0.29, 0.717) is 23.7 Å². The first kappa shape index (κ1) is 24.9. The fourth-order valence-electron chi connectivity index (χ4n) is 3.92. The van der Waals surface area contributed by atoms with Gasteiger partial charge in [0.05, 0.1) is 12.0 Å². The molecule has 6 heteroatoms. The first-order chi connectivity index (χ1) is 14.6. The molecule has 1 aliphatic rings. The van der Waals surface area contributed by atoms with Crippen molar-refractivity contribution in [2.45, 2.75) is 82.1 Å². The normalized spacial score (nSPS) is 18.1.